The van der Waals surface area contributed by atoms with Crippen molar-refractivity contribution >= 4 is 79.4 Å². The second-order valence-corrected chi connectivity index (χ2v) is 22.8. The van der Waals surface area contributed by atoms with Gasteiger partial charge in [0.1, 0.15) is 5.58 Å². The number of fused-ring (bicyclic) bond motifs is 9. The second kappa shape index (κ2) is 14.7. The van der Waals surface area contributed by atoms with Gasteiger partial charge in [-0.15, -0.1) is 0 Å². The molecular weight excluding hydrogens is 812 g/mol. The molecule has 8 aromatic carbocycles. The van der Waals surface area contributed by atoms with Crippen LogP contribution < -0.4 is 21.1 Å². The highest BCUT2D eigenvalue weighted by Gasteiger charge is 2.40. The van der Waals surface area contributed by atoms with Gasteiger partial charge >= 0.3 is 0 Å². The number of para-hydroxylation sites is 1. The monoisotopic (exact) mass is 872 g/mol. The van der Waals surface area contributed by atoms with Crippen LogP contribution in [0, 0.1) is 6.92 Å². The van der Waals surface area contributed by atoms with E-state index >= 15 is 0 Å². The zero-order valence-electron chi connectivity index (χ0n) is 40.7. The molecule has 0 radical (unpaired) electrons. The molecule has 0 unspecified atom stereocenters. The van der Waals surface area contributed by atoms with Gasteiger partial charge in [-0.05, 0) is 152 Å². The van der Waals surface area contributed by atoms with Gasteiger partial charge in [-0.1, -0.05) is 164 Å². The maximum Gasteiger partial charge on any atom is 0.198 e. The molecule has 2 aliphatic carbocycles. The Labute approximate surface area is 397 Å². The normalized spacial score (nSPS) is 17.4. The first-order chi connectivity index (χ1) is 32.1. The number of nitrogens with zero attached hydrogens (tertiary/aromatic N) is 1. The first-order valence-electron chi connectivity index (χ1n) is 24.6. The molecule has 1 N–H and O–H groups in total. The lowest BCUT2D eigenvalue weighted by molar-refractivity contribution is 0.332. The first kappa shape index (κ1) is 41.9. The fourth-order valence-electron chi connectivity index (χ4n) is 12.2. The van der Waals surface area contributed by atoms with Gasteiger partial charge in [0.2, 0.25) is 0 Å². The van der Waals surface area contributed by atoms with Crippen molar-refractivity contribution in [3.05, 3.63) is 173 Å². The lowest BCUT2D eigenvalue weighted by Crippen LogP contribution is -2.41. The van der Waals surface area contributed by atoms with E-state index in [1.807, 2.05) is 0 Å². The molecule has 2 heterocycles. The topological polar surface area (TPSA) is 28.4 Å². The summed E-state index contributed by atoms with van der Waals surface area (Å²) in [6.07, 6.45) is 4.69. The van der Waals surface area contributed by atoms with E-state index in [2.05, 4.69) is 218 Å². The number of anilines is 5. The van der Waals surface area contributed by atoms with E-state index in [0.29, 0.717) is 0 Å². The summed E-state index contributed by atoms with van der Waals surface area (Å²) in [5.74, 6) is 0. The summed E-state index contributed by atoms with van der Waals surface area (Å²) in [4.78, 5) is 2.65. The standard InChI is InChI=1S/C63H61BN2O/c1-38-33-49-51(63(8,9)32-31-61(49,4)5)37-53(38)66-54-35-40(39-17-11-10-12-18-39)23-28-52(54)64-56-47(34-41-19-13-14-20-43(41)58(56)66)45-25-26-46-44-21-15-16-22-55(44)67-59(46)57(45)65-42-24-27-48-50(36-42)62(6,7)30-29-60(48,2)3/h10-28,33-37,64-65H,29-32H2,1-9H3. The maximum atomic E-state index is 6.97. The van der Waals surface area contributed by atoms with E-state index in [-0.39, 0.29) is 21.7 Å². The zero-order chi connectivity index (χ0) is 46.2. The van der Waals surface area contributed by atoms with Crippen molar-refractivity contribution in [3.8, 4) is 22.3 Å². The van der Waals surface area contributed by atoms with Gasteiger partial charge in [0.15, 0.2) is 12.9 Å². The molecular formula is C63H61BN2O. The summed E-state index contributed by atoms with van der Waals surface area (Å²) in [6.45, 7) is 21.8. The lowest BCUT2D eigenvalue weighted by atomic mass is 9.57. The van der Waals surface area contributed by atoms with Gasteiger partial charge < -0.3 is 14.6 Å². The number of benzene rings is 8. The average Bonchev–Trinajstić information content (AvgIpc) is 3.71. The minimum atomic E-state index is 0.0504. The van der Waals surface area contributed by atoms with E-state index in [0.717, 1.165) is 59.0 Å². The fraction of sp³-hybridized carbons (Fsp3) is 0.270. The lowest BCUT2D eigenvalue weighted by Gasteiger charge is -2.44. The third-order valence-electron chi connectivity index (χ3n) is 16.5. The zero-order valence-corrected chi connectivity index (χ0v) is 40.7. The predicted octanol–water partition coefficient (Wildman–Crippen LogP) is 16.0. The Bertz CT molecular complexity index is 3500. The number of nitrogens with one attached hydrogen (secondary N) is 1. The third kappa shape index (κ3) is 6.61. The molecule has 0 amide bonds. The fourth-order valence-corrected chi connectivity index (χ4v) is 12.2. The summed E-state index contributed by atoms with van der Waals surface area (Å²) in [7, 11) is 0.790. The van der Waals surface area contributed by atoms with E-state index in [1.165, 1.54) is 96.1 Å². The molecule has 12 rings (SSSR count). The van der Waals surface area contributed by atoms with Crippen LogP contribution in [0.1, 0.15) is 109 Å². The Morgan fingerprint density at radius 2 is 1.15 bits per heavy atom. The van der Waals surface area contributed by atoms with Crippen LogP contribution >= 0.6 is 0 Å². The summed E-state index contributed by atoms with van der Waals surface area (Å²) >= 11 is 0. The Hall–Kier alpha value is -6.52. The first-order valence-corrected chi connectivity index (χ1v) is 24.6. The minimum Gasteiger partial charge on any atom is -0.454 e. The molecule has 332 valence electrons. The second-order valence-electron chi connectivity index (χ2n) is 22.8. The highest BCUT2D eigenvalue weighted by atomic mass is 16.3. The van der Waals surface area contributed by atoms with Crippen molar-refractivity contribution < 1.29 is 4.42 Å². The van der Waals surface area contributed by atoms with Crippen LogP contribution in [0.3, 0.4) is 0 Å². The number of hydrogen-bond acceptors (Lipinski definition) is 3. The number of hydrogen-bond donors (Lipinski definition) is 1. The molecule has 9 aromatic rings. The van der Waals surface area contributed by atoms with Gasteiger partial charge in [-0.2, -0.15) is 0 Å². The number of rotatable bonds is 5. The van der Waals surface area contributed by atoms with Crippen LogP contribution in [0.5, 0.6) is 0 Å². The van der Waals surface area contributed by atoms with Crippen LogP contribution in [-0.2, 0) is 21.7 Å². The van der Waals surface area contributed by atoms with Crippen LogP contribution in [-0.4, -0.2) is 7.28 Å². The molecule has 0 atom stereocenters. The van der Waals surface area contributed by atoms with Crippen molar-refractivity contribution in [1.82, 2.24) is 0 Å². The summed E-state index contributed by atoms with van der Waals surface area (Å²) in [5, 5.41) is 8.81. The summed E-state index contributed by atoms with van der Waals surface area (Å²) in [6, 6.07) is 54.9. The van der Waals surface area contributed by atoms with E-state index in [1.54, 1.807) is 0 Å². The van der Waals surface area contributed by atoms with Crippen molar-refractivity contribution in [2.24, 2.45) is 0 Å². The molecule has 3 aliphatic rings. The number of furan rings is 1. The molecule has 0 saturated heterocycles. The van der Waals surface area contributed by atoms with Crippen molar-refractivity contribution in [3.63, 3.8) is 0 Å². The Balaban J connectivity index is 1.14. The highest BCUT2D eigenvalue weighted by Crippen LogP contribution is 2.52. The van der Waals surface area contributed by atoms with Crippen LogP contribution in [0.25, 0.3) is 55.0 Å². The third-order valence-corrected chi connectivity index (χ3v) is 16.5. The van der Waals surface area contributed by atoms with Gasteiger partial charge in [0, 0.05) is 44.5 Å². The Morgan fingerprint density at radius 1 is 0.507 bits per heavy atom. The summed E-state index contributed by atoms with van der Waals surface area (Å²) in [5.41, 5.74) is 22.6. The molecule has 1 aliphatic heterocycles. The molecule has 67 heavy (non-hydrogen) atoms. The molecule has 0 fully saturated rings. The Kier molecular flexibility index (Phi) is 9.21. The van der Waals surface area contributed by atoms with E-state index in [9.17, 15) is 0 Å². The number of aryl methyl sites for hydroxylation is 1. The average molecular weight is 873 g/mol. The van der Waals surface area contributed by atoms with Crippen LogP contribution in [0.2, 0.25) is 0 Å². The van der Waals surface area contributed by atoms with Gasteiger partial charge in [-0.3, -0.25) is 0 Å². The molecule has 0 spiro atoms. The van der Waals surface area contributed by atoms with Crippen molar-refractivity contribution in [1.29, 1.82) is 0 Å². The van der Waals surface area contributed by atoms with E-state index < -0.39 is 0 Å². The van der Waals surface area contributed by atoms with Crippen LogP contribution in [0.15, 0.2) is 150 Å². The smallest absolute Gasteiger partial charge is 0.198 e. The molecule has 4 heteroatoms. The highest BCUT2D eigenvalue weighted by molar-refractivity contribution is 6.74. The largest absolute Gasteiger partial charge is 0.454 e. The Morgan fingerprint density at radius 3 is 1.90 bits per heavy atom. The molecule has 0 bridgehead atoms. The van der Waals surface area contributed by atoms with Crippen molar-refractivity contribution in [2.75, 3.05) is 10.2 Å². The van der Waals surface area contributed by atoms with Gasteiger partial charge in [0.05, 0.1) is 5.69 Å². The van der Waals surface area contributed by atoms with Crippen molar-refractivity contribution in [2.45, 2.75) is 110 Å². The summed E-state index contributed by atoms with van der Waals surface area (Å²) < 4.78 is 6.97. The molecule has 1 aromatic heterocycles. The van der Waals surface area contributed by atoms with Crippen LogP contribution in [0.4, 0.5) is 28.4 Å². The molecule has 3 nitrogen and oxygen atoms in total. The van der Waals surface area contributed by atoms with Gasteiger partial charge in [0.25, 0.3) is 0 Å². The quantitative estimate of drug-likeness (QED) is 0.175. The van der Waals surface area contributed by atoms with Gasteiger partial charge in [-0.25, -0.2) is 0 Å². The van der Waals surface area contributed by atoms with E-state index in [4.69, 9.17) is 4.42 Å². The minimum absolute atomic E-state index is 0.0504. The predicted molar refractivity (Wildman–Crippen MR) is 288 cm³/mol. The maximum absolute atomic E-state index is 6.97. The SMILES string of the molecule is Cc1cc2c(cc1N1c3cc(-c4ccccc4)ccc3Bc3c(-c4ccc5c(oc6ccccc65)c4Nc4ccc5c(c4)C(C)(C)CCC5(C)C)cc4ccccc4c31)C(C)(C)CCC2(C)C. The molecule has 0 saturated carbocycles.